The summed E-state index contributed by atoms with van der Waals surface area (Å²) in [6.07, 6.45) is 6.35. The van der Waals surface area contributed by atoms with Crippen LogP contribution in [0.15, 0.2) is 0 Å². The molecule has 3 rings (SSSR count). The minimum atomic E-state index is -0.838. The van der Waals surface area contributed by atoms with E-state index >= 15 is 0 Å². The van der Waals surface area contributed by atoms with Crippen LogP contribution in [0.3, 0.4) is 0 Å². The van der Waals surface area contributed by atoms with E-state index in [0.29, 0.717) is 25.4 Å². The minimum absolute atomic E-state index is 0.0299. The van der Waals surface area contributed by atoms with E-state index in [4.69, 9.17) is 4.74 Å². The second kappa shape index (κ2) is 5.72. The Hall–Kier alpha value is -1.10. The molecule has 2 heterocycles. The van der Waals surface area contributed by atoms with Crippen molar-refractivity contribution in [3.8, 4) is 0 Å². The molecule has 2 saturated heterocycles. The molecule has 1 aliphatic carbocycles. The second-order valence-electron chi connectivity index (χ2n) is 6.44. The smallest absolute Gasteiger partial charge is 0.326 e. The van der Waals surface area contributed by atoms with Crippen molar-refractivity contribution in [1.29, 1.82) is 0 Å². The van der Waals surface area contributed by atoms with Crippen molar-refractivity contribution in [3.63, 3.8) is 0 Å². The molecule has 0 unspecified atom stereocenters. The monoisotopic (exact) mass is 281 g/mol. The number of aliphatic carboxylic acids is 1. The first kappa shape index (κ1) is 13.9. The van der Waals surface area contributed by atoms with Crippen molar-refractivity contribution in [2.45, 2.75) is 57.0 Å². The summed E-state index contributed by atoms with van der Waals surface area (Å²) in [7, 11) is 0. The SMILES string of the molecule is O=C(O)[C@@H]1C[C@@H]2CCCC[C@@H]2N1C(=O)C[C@H]1CCOC1. The van der Waals surface area contributed by atoms with Gasteiger partial charge in [-0.2, -0.15) is 0 Å². The average Bonchev–Trinajstić information content (AvgIpc) is 3.04. The van der Waals surface area contributed by atoms with Crippen molar-refractivity contribution >= 4 is 11.9 Å². The third kappa shape index (κ3) is 2.55. The standard InChI is InChI=1S/C15H23NO4/c17-14(7-10-5-6-20-9-10)16-12-4-2-1-3-11(12)8-13(16)15(18)19/h10-13H,1-9H2,(H,18,19)/t10-,11+,12+,13+/m1/s1. The molecule has 3 fully saturated rings. The maximum atomic E-state index is 12.6. The highest BCUT2D eigenvalue weighted by Gasteiger charge is 2.47. The van der Waals surface area contributed by atoms with Crippen LogP contribution >= 0.6 is 0 Å². The van der Waals surface area contributed by atoms with Gasteiger partial charge in [0.1, 0.15) is 6.04 Å². The number of nitrogens with zero attached hydrogens (tertiary/aromatic N) is 1. The summed E-state index contributed by atoms with van der Waals surface area (Å²) in [6, 6.07) is -0.433. The lowest BCUT2D eigenvalue weighted by atomic mass is 9.84. The number of rotatable bonds is 3. The summed E-state index contributed by atoms with van der Waals surface area (Å²) in [5.41, 5.74) is 0. The van der Waals surface area contributed by atoms with Crippen LogP contribution in [0.4, 0.5) is 0 Å². The topological polar surface area (TPSA) is 66.8 Å². The van der Waals surface area contributed by atoms with Crippen LogP contribution in [0, 0.1) is 11.8 Å². The third-order valence-electron chi connectivity index (χ3n) is 5.15. The Morgan fingerprint density at radius 1 is 1.20 bits per heavy atom. The van der Waals surface area contributed by atoms with E-state index in [9.17, 15) is 14.7 Å². The van der Waals surface area contributed by atoms with Gasteiger partial charge in [-0.3, -0.25) is 4.79 Å². The van der Waals surface area contributed by atoms with Gasteiger partial charge in [-0.25, -0.2) is 4.79 Å². The number of hydrogen-bond donors (Lipinski definition) is 1. The molecule has 0 aromatic heterocycles. The summed E-state index contributed by atoms with van der Waals surface area (Å²) < 4.78 is 5.31. The molecule has 20 heavy (non-hydrogen) atoms. The van der Waals surface area contributed by atoms with Gasteiger partial charge in [-0.05, 0) is 37.5 Å². The molecule has 1 saturated carbocycles. The van der Waals surface area contributed by atoms with E-state index in [1.54, 1.807) is 4.90 Å². The zero-order chi connectivity index (χ0) is 14.1. The Morgan fingerprint density at radius 2 is 2.00 bits per heavy atom. The highest BCUT2D eigenvalue weighted by molar-refractivity contribution is 5.85. The van der Waals surface area contributed by atoms with E-state index in [0.717, 1.165) is 32.3 Å². The zero-order valence-corrected chi connectivity index (χ0v) is 11.8. The van der Waals surface area contributed by atoms with E-state index in [1.165, 1.54) is 6.42 Å². The molecule has 0 bridgehead atoms. The third-order valence-corrected chi connectivity index (χ3v) is 5.15. The van der Waals surface area contributed by atoms with Crippen molar-refractivity contribution in [2.75, 3.05) is 13.2 Å². The maximum absolute atomic E-state index is 12.6. The molecule has 0 aromatic rings. The highest BCUT2D eigenvalue weighted by atomic mass is 16.5. The zero-order valence-electron chi connectivity index (χ0n) is 11.8. The second-order valence-corrected chi connectivity index (χ2v) is 6.44. The van der Waals surface area contributed by atoms with E-state index < -0.39 is 12.0 Å². The first-order chi connectivity index (χ1) is 9.66. The number of ether oxygens (including phenoxy) is 1. The lowest BCUT2D eigenvalue weighted by Crippen LogP contribution is -2.46. The van der Waals surface area contributed by atoms with Crippen LogP contribution in [-0.2, 0) is 14.3 Å². The molecule has 2 aliphatic heterocycles. The maximum Gasteiger partial charge on any atom is 0.326 e. The Labute approximate surface area is 119 Å². The summed E-state index contributed by atoms with van der Waals surface area (Å²) in [6.45, 7) is 1.37. The molecule has 3 aliphatic rings. The van der Waals surface area contributed by atoms with Gasteiger partial charge in [0.15, 0.2) is 0 Å². The number of likely N-dealkylation sites (tertiary alicyclic amines) is 1. The van der Waals surface area contributed by atoms with Gasteiger partial charge in [0, 0.05) is 25.7 Å². The number of amides is 1. The van der Waals surface area contributed by atoms with Gasteiger partial charge in [0.25, 0.3) is 0 Å². The lowest BCUT2D eigenvalue weighted by molar-refractivity contribution is -0.150. The summed E-state index contributed by atoms with van der Waals surface area (Å²) >= 11 is 0. The number of carbonyl (C=O) groups is 2. The summed E-state index contributed by atoms with van der Waals surface area (Å²) in [5, 5.41) is 9.42. The Balaban J connectivity index is 1.72. The predicted octanol–water partition coefficient (Wildman–Crippen LogP) is 1.66. The normalized spacial score (nSPS) is 36.9. The van der Waals surface area contributed by atoms with Crippen LogP contribution in [0.1, 0.15) is 44.9 Å². The molecule has 1 amide bonds. The highest BCUT2D eigenvalue weighted by Crippen LogP contribution is 2.40. The van der Waals surface area contributed by atoms with Crippen molar-refractivity contribution in [2.24, 2.45) is 11.8 Å². The molecular formula is C15H23NO4. The largest absolute Gasteiger partial charge is 0.480 e. The minimum Gasteiger partial charge on any atom is -0.480 e. The van der Waals surface area contributed by atoms with Crippen molar-refractivity contribution in [3.05, 3.63) is 0 Å². The summed E-state index contributed by atoms with van der Waals surface area (Å²) in [4.78, 5) is 25.8. The van der Waals surface area contributed by atoms with Crippen LogP contribution in [0.5, 0.6) is 0 Å². The van der Waals surface area contributed by atoms with Gasteiger partial charge in [0.2, 0.25) is 5.91 Å². The fourth-order valence-electron chi connectivity index (χ4n) is 4.14. The van der Waals surface area contributed by atoms with Gasteiger partial charge in [-0.15, -0.1) is 0 Å². The quantitative estimate of drug-likeness (QED) is 0.854. The molecule has 0 radical (unpaired) electrons. The van der Waals surface area contributed by atoms with E-state index in [-0.39, 0.29) is 17.9 Å². The van der Waals surface area contributed by atoms with Crippen LogP contribution in [0.25, 0.3) is 0 Å². The van der Waals surface area contributed by atoms with Gasteiger partial charge in [-0.1, -0.05) is 12.8 Å². The number of hydrogen-bond acceptors (Lipinski definition) is 3. The summed E-state index contributed by atoms with van der Waals surface area (Å²) in [5.74, 6) is -0.133. The first-order valence-electron chi connectivity index (χ1n) is 7.78. The Bertz CT molecular complexity index is 391. The number of carboxylic acid groups (broad SMARTS) is 1. The first-order valence-corrected chi connectivity index (χ1v) is 7.78. The average molecular weight is 281 g/mol. The Morgan fingerprint density at radius 3 is 2.70 bits per heavy atom. The molecule has 5 nitrogen and oxygen atoms in total. The van der Waals surface area contributed by atoms with Gasteiger partial charge in [0.05, 0.1) is 0 Å². The fourth-order valence-corrected chi connectivity index (χ4v) is 4.14. The van der Waals surface area contributed by atoms with Gasteiger partial charge < -0.3 is 14.7 Å². The molecule has 5 heteroatoms. The molecule has 112 valence electrons. The number of fused-ring (bicyclic) bond motifs is 1. The number of carboxylic acids is 1. The van der Waals surface area contributed by atoms with E-state index in [1.807, 2.05) is 0 Å². The van der Waals surface area contributed by atoms with Crippen molar-refractivity contribution < 1.29 is 19.4 Å². The molecular weight excluding hydrogens is 258 g/mol. The van der Waals surface area contributed by atoms with Gasteiger partial charge >= 0.3 is 5.97 Å². The number of carbonyl (C=O) groups excluding carboxylic acids is 1. The lowest BCUT2D eigenvalue weighted by Gasteiger charge is -2.33. The Kier molecular flexibility index (Phi) is 3.96. The van der Waals surface area contributed by atoms with Crippen LogP contribution in [0.2, 0.25) is 0 Å². The molecule has 1 N–H and O–H groups in total. The van der Waals surface area contributed by atoms with Crippen LogP contribution in [-0.4, -0.2) is 47.2 Å². The molecule has 0 spiro atoms. The van der Waals surface area contributed by atoms with E-state index in [2.05, 4.69) is 0 Å². The fraction of sp³-hybridized carbons (Fsp3) is 0.867. The molecule has 0 aromatic carbocycles. The molecule has 4 atom stereocenters. The van der Waals surface area contributed by atoms with Crippen LogP contribution < -0.4 is 0 Å². The predicted molar refractivity (Wildman–Crippen MR) is 72.2 cm³/mol. The van der Waals surface area contributed by atoms with Crippen molar-refractivity contribution in [1.82, 2.24) is 4.90 Å².